The molecule has 0 aliphatic carbocycles. The van der Waals surface area contributed by atoms with Crippen molar-refractivity contribution in [2.75, 3.05) is 6.54 Å². The van der Waals surface area contributed by atoms with Gasteiger partial charge in [0.1, 0.15) is 6.04 Å². The number of carbonyl (C=O) groups is 2. The smallest absolute Gasteiger partial charge is 0.245 e. The number of thiophene rings is 1. The molecule has 2 amide bonds. The fraction of sp³-hybridized carbons (Fsp3) is 0.500. The highest BCUT2D eigenvalue weighted by molar-refractivity contribution is 7.12. The van der Waals surface area contributed by atoms with Crippen molar-refractivity contribution in [2.45, 2.75) is 33.4 Å². The molecule has 0 bridgehead atoms. The van der Waals surface area contributed by atoms with Crippen molar-refractivity contribution in [3.05, 3.63) is 21.4 Å². The summed E-state index contributed by atoms with van der Waals surface area (Å²) in [5, 5.41) is 2.63. The van der Waals surface area contributed by atoms with Crippen molar-refractivity contribution in [1.29, 1.82) is 0 Å². The maximum atomic E-state index is 11.9. The van der Waals surface area contributed by atoms with Gasteiger partial charge >= 0.3 is 0 Å². The first kappa shape index (κ1) is 12.1. The van der Waals surface area contributed by atoms with Gasteiger partial charge in [0.05, 0.1) is 13.1 Å². The molecule has 0 spiro atoms. The van der Waals surface area contributed by atoms with Crippen molar-refractivity contribution in [3.63, 3.8) is 0 Å². The van der Waals surface area contributed by atoms with Crippen molar-refractivity contribution >= 4 is 23.2 Å². The van der Waals surface area contributed by atoms with Crippen LogP contribution in [0.15, 0.2) is 6.07 Å². The van der Waals surface area contributed by atoms with E-state index in [2.05, 4.69) is 25.2 Å². The van der Waals surface area contributed by atoms with Crippen molar-refractivity contribution in [3.8, 4) is 0 Å². The summed E-state index contributed by atoms with van der Waals surface area (Å²) >= 11 is 1.69. The predicted molar refractivity (Wildman–Crippen MR) is 66.8 cm³/mol. The van der Waals surface area contributed by atoms with Gasteiger partial charge in [0, 0.05) is 9.75 Å². The molecule has 1 aliphatic heterocycles. The van der Waals surface area contributed by atoms with Crippen LogP contribution in [0.3, 0.4) is 0 Å². The number of hydrogen-bond acceptors (Lipinski definition) is 3. The van der Waals surface area contributed by atoms with Crippen LogP contribution < -0.4 is 5.32 Å². The molecule has 1 aromatic heterocycles. The van der Waals surface area contributed by atoms with Crippen LogP contribution in [0.2, 0.25) is 0 Å². The number of hydrogen-bond donors (Lipinski definition) is 1. The van der Waals surface area contributed by atoms with E-state index < -0.39 is 6.04 Å². The zero-order valence-corrected chi connectivity index (χ0v) is 11.1. The molecular weight excluding hydrogens is 236 g/mol. The van der Waals surface area contributed by atoms with E-state index >= 15 is 0 Å². The summed E-state index contributed by atoms with van der Waals surface area (Å²) in [6, 6.07) is 1.68. The van der Waals surface area contributed by atoms with Crippen LogP contribution >= 0.6 is 11.3 Å². The topological polar surface area (TPSA) is 49.4 Å². The molecule has 2 heterocycles. The molecule has 1 aromatic rings. The van der Waals surface area contributed by atoms with Crippen molar-refractivity contribution < 1.29 is 9.59 Å². The summed E-state index contributed by atoms with van der Waals surface area (Å²) in [5.74, 6) is -0.0876. The molecule has 1 fully saturated rings. The van der Waals surface area contributed by atoms with Crippen LogP contribution in [0, 0.1) is 13.8 Å². The Balaban J connectivity index is 2.12. The molecule has 0 saturated carbocycles. The molecule has 1 saturated heterocycles. The van der Waals surface area contributed by atoms with E-state index in [1.807, 2.05) is 0 Å². The van der Waals surface area contributed by atoms with Gasteiger partial charge < -0.3 is 10.2 Å². The van der Waals surface area contributed by atoms with E-state index in [1.165, 1.54) is 10.4 Å². The fourth-order valence-corrected chi connectivity index (χ4v) is 2.99. The summed E-state index contributed by atoms with van der Waals surface area (Å²) in [6.07, 6.45) is 0. The number of rotatable bonds is 2. The lowest BCUT2D eigenvalue weighted by Crippen LogP contribution is -2.56. The largest absolute Gasteiger partial charge is 0.343 e. The highest BCUT2D eigenvalue weighted by Crippen LogP contribution is 2.22. The first-order valence-corrected chi connectivity index (χ1v) is 6.43. The fourth-order valence-electron chi connectivity index (χ4n) is 1.92. The van der Waals surface area contributed by atoms with Gasteiger partial charge in [-0.25, -0.2) is 0 Å². The second-order valence-corrected chi connectivity index (χ2v) is 5.78. The molecule has 92 valence electrons. The highest BCUT2D eigenvalue weighted by Gasteiger charge is 2.29. The Hall–Kier alpha value is -1.36. The molecule has 1 N–H and O–H groups in total. The lowest BCUT2D eigenvalue weighted by molar-refractivity contribution is -0.144. The number of aryl methyl sites for hydroxylation is 2. The number of nitrogens with zero attached hydrogens (tertiary/aromatic N) is 1. The summed E-state index contributed by atoms with van der Waals surface area (Å²) in [7, 11) is 0. The van der Waals surface area contributed by atoms with Crippen LogP contribution in [-0.4, -0.2) is 29.3 Å². The Morgan fingerprint density at radius 1 is 1.47 bits per heavy atom. The summed E-state index contributed by atoms with van der Waals surface area (Å²) in [4.78, 5) is 27.3. The third-order valence-electron chi connectivity index (χ3n) is 2.96. The lowest BCUT2D eigenvalue weighted by Gasteiger charge is -2.30. The Kier molecular flexibility index (Phi) is 3.19. The molecule has 5 heteroatoms. The highest BCUT2D eigenvalue weighted by atomic mass is 32.1. The third-order valence-corrected chi connectivity index (χ3v) is 4.10. The molecule has 17 heavy (non-hydrogen) atoms. The number of amides is 2. The molecule has 4 nitrogen and oxygen atoms in total. The minimum absolute atomic E-state index is 0.00620. The lowest BCUT2D eigenvalue weighted by atomic mass is 10.2. The second kappa shape index (κ2) is 4.49. The van der Waals surface area contributed by atoms with Crippen molar-refractivity contribution in [1.82, 2.24) is 10.2 Å². The minimum Gasteiger partial charge on any atom is -0.343 e. The van der Waals surface area contributed by atoms with Gasteiger partial charge in [-0.05, 0) is 32.4 Å². The quantitative estimate of drug-likeness (QED) is 0.860. The summed E-state index contributed by atoms with van der Waals surface area (Å²) in [6.45, 7) is 6.55. The van der Waals surface area contributed by atoms with E-state index in [9.17, 15) is 9.59 Å². The second-order valence-electron chi connectivity index (χ2n) is 4.44. The van der Waals surface area contributed by atoms with E-state index in [0.29, 0.717) is 6.54 Å². The monoisotopic (exact) mass is 252 g/mol. The van der Waals surface area contributed by atoms with E-state index in [0.717, 1.165) is 4.88 Å². The number of piperazine rings is 1. The summed E-state index contributed by atoms with van der Waals surface area (Å²) in [5.41, 5.74) is 1.24. The molecular formula is C12H16N2O2S. The molecule has 0 radical (unpaired) electrons. The zero-order chi connectivity index (χ0) is 12.6. The average molecular weight is 252 g/mol. The van der Waals surface area contributed by atoms with Crippen LogP contribution in [0.1, 0.15) is 22.2 Å². The maximum Gasteiger partial charge on any atom is 0.245 e. The standard InChI is InChI=1S/C12H16N2O2S/c1-7-4-10(17-9(7)3)5-14-6-11(15)13-8(2)12(14)16/h4,8H,5-6H2,1-3H3,(H,13,15). The van der Waals surface area contributed by atoms with Crippen LogP contribution in [0.25, 0.3) is 0 Å². The van der Waals surface area contributed by atoms with Gasteiger partial charge in [-0.15, -0.1) is 11.3 Å². The Morgan fingerprint density at radius 2 is 2.18 bits per heavy atom. The molecule has 2 rings (SSSR count). The van der Waals surface area contributed by atoms with Gasteiger partial charge in [0.25, 0.3) is 0 Å². The Labute approximate surface area is 105 Å². The first-order chi connectivity index (χ1) is 7.97. The maximum absolute atomic E-state index is 11.9. The minimum atomic E-state index is -0.404. The zero-order valence-electron chi connectivity index (χ0n) is 10.2. The summed E-state index contributed by atoms with van der Waals surface area (Å²) < 4.78 is 0. The number of carbonyl (C=O) groups excluding carboxylic acids is 2. The van der Waals surface area contributed by atoms with Gasteiger partial charge in [0.15, 0.2) is 0 Å². The molecule has 1 atom stereocenters. The first-order valence-electron chi connectivity index (χ1n) is 5.61. The van der Waals surface area contributed by atoms with Crippen molar-refractivity contribution in [2.24, 2.45) is 0 Å². The third kappa shape index (κ3) is 2.49. The van der Waals surface area contributed by atoms with Gasteiger partial charge in [0.2, 0.25) is 11.8 Å². The molecule has 1 unspecified atom stereocenters. The van der Waals surface area contributed by atoms with E-state index in [1.54, 1.807) is 23.2 Å². The normalized spacial score (nSPS) is 20.6. The number of nitrogens with one attached hydrogen (secondary N) is 1. The predicted octanol–water partition coefficient (Wildman–Crippen LogP) is 1.21. The Morgan fingerprint density at radius 3 is 2.76 bits per heavy atom. The SMILES string of the molecule is Cc1cc(CN2CC(=O)NC(C)C2=O)sc1C. The van der Waals surface area contributed by atoms with Gasteiger partial charge in [-0.2, -0.15) is 0 Å². The molecule has 0 aromatic carbocycles. The van der Waals surface area contributed by atoms with Gasteiger partial charge in [-0.3, -0.25) is 9.59 Å². The molecule has 1 aliphatic rings. The Bertz CT molecular complexity index is 448. The average Bonchev–Trinajstić information content (AvgIpc) is 2.54. The van der Waals surface area contributed by atoms with E-state index in [4.69, 9.17) is 0 Å². The van der Waals surface area contributed by atoms with Gasteiger partial charge in [-0.1, -0.05) is 0 Å². The van der Waals surface area contributed by atoms with Crippen LogP contribution in [0.4, 0.5) is 0 Å². The van der Waals surface area contributed by atoms with E-state index in [-0.39, 0.29) is 18.4 Å². The van der Waals surface area contributed by atoms with Crippen LogP contribution in [-0.2, 0) is 16.1 Å². The van der Waals surface area contributed by atoms with Crippen LogP contribution in [0.5, 0.6) is 0 Å².